The average molecular weight is 367 g/mol. The first kappa shape index (κ1) is 19.6. The molecule has 4 heteroatoms. The zero-order valence-electron chi connectivity index (χ0n) is 16.3. The Bertz CT molecular complexity index is 708. The smallest absolute Gasteiger partial charge is 0.338 e. The molecule has 2 aromatic rings. The fraction of sp³-hybridized carbons (Fsp3) is 0.435. The number of piperidine rings is 1. The van der Waals surface area contributed by atoms with Gasteiger partial charge in [0.2, 0.25) is 0 Å². The fourth-order valence-corrected chi connectivity index (χ4v) is 3.55. The Labute approximate surface area is 162 Å². The lowest BCUT2D eigenvalue weighted by atomic mass is 10.00. The lowest BCUT2D eigenvalue weighted by Crippen LogP contribution is -2.39. The molecule has 0 aromatic heterocycles. The number of carbonyl (C=O) groups excluding carboxylic acids is 1. The van der Waals surface area contributed by atoms with Crippen LogP contribution in [0.5, 0.6) is 0 Å². The van der Waals surface area contributed by atoms with Crippen LogP contribution in [0.4, 0.5) is 0 Å². The van der Waals surface area contributed by atoms with E-state index in [0.29, 0.717) is 12.2 Å². The van der Waals surface area contributed by atoms with Gasteiger partial charge in [0, 0.05) is 13.1 Å². The van der Waals surface area contributed by atoms with Crippen LogP contribution >= 0.6 is 0 Å². The molecule has 0 bridgehead atoms. The van der Waals surface area contributed by atoms with Gasteiger partial charge in [-0.2, -0.15) is 0 Å². The highest BCUT2D eigenvalue weighted by Gasteiger charge is 2.23. The second-order valence-corrected chi connectivity index (χ2v) is 6.97. The quantitative estimate of drug-likeness (QED) is 0.659. The lowest BCUT2D eigenvalue weighted by molar-refractivity contribution is -0.0830. The minimum absolute atomic E-state index is 0.0419. The summed E-state index contributed by atoms with van der Waals surface area (Å²) in [6, 6.07) is 17.8. The third-order valence-corrected chi connectivity index (χ3v) is 5.06. The molecule has 1 aliphatic heterocycles. The molecule has 2 unspecified atom stereocenters. The van der Waals surface area contributed by atoms with E-state index in [-0.39, 0.29) is 18.3 Å². The summed E-state index contributed by atoms with van der Waals surface area (Å²) in [4.78, 5) is 14.3. The molecule has 2 atom stereocenters. The van der Waals surface area contributed by atoms with Crippen LogP contribution in [0.15, 0.2) is 54.6 Å². The summed E-state index contributed by atoms with van der Waals surface area (Å²) in [5.41, 5.74) is 2.72. The molecule has 27 heavy (non-hydrogen) atoms. The van der Waals surface area contributed by atoms with Gasteiger partial charge in [0.15, 0.2) is 0 Å². The van der Waals surface area contributed by atoms with E-state index in [1.807, 2.05) is 49.4 Å². The minimum Gasteiger partial charge on any atom is -0.462 e. The van der Waals surface area contributed by atoms with Crippen molar-refractivity contribution in [1.29, 1.82) is 0 Å². The van der Waals surface area contributed by atoms with Crippen molar-refractivity contribution in [2.45, 2.75) is 45.4 Å². The van der Waals surface area contributed by atoms with Crippen LogP contribution in [-0.2, 0) is 9.47 Å². The van der Waals surface area contributed by atoms with E-state index in [4.69, 9.17) is 9.47 Å². The predicted octanol–water partition coefficient (Wildman–Crippen LogP) is 4.80. The monoisotopic (exact) mass is 367 g/mol. The summed E-state index contributed by atoms with van der Waals surface area (Å²) < 4.78 is 11.6. The van der Waals surface area contributed by atoms with E-state index in [1.165, 1.54) is 19.3 Å². The van der Waals surface area contributed by atoms with Crippen molar-refractivity contribution in [2.24, 2.45) is 0 Å². The Kier molecular flexibility index (Phi) is 7.02. The first-order valence-electron chi connectivity index (χ1n) is 9.90. The van der Waals surface area contributed by atoms with E-state index < -0.39 is 0 Å². The van der Waals surface area contributed by atoms with Gasteiger partial charge in [0.1, 0.15) is 12.3 Å². The maximum absolute atomic E-state index is 11.9. The van der Waals surface area contributed by atoms with Crippen LogP contribution in [0, 0.1) is 0 Å². The first-order valence-corrected chi connectivity index (χ1v) is 9.90. The van der Waals surface area contributed by atoms with Gasteiger partial charge in [-0.1, -0.05) is 48.9 Å². The number of nitrogens with zero attached hydrogens (tertiary/aromatic N) is 1. The Morgan fingerprint density at radius 2 is 1.59 bits per heavy atom. The van der Waals surface area contributed by atoms with Crippen LogP contribution in [0.3, 0.4) is 0 Å². The molecule has 144 valence electrons. The molecule has 1 saturated heterocycles. The minimum atomic E-state index is -0.289. The van der Waals surface area contributed by atoms with Gasteiger partial charge in [-0.25, -0.2) is 4.79 Å². The Hall–Kier alpha value is -2.17. The molecule has 0 spiro atoms. The van der Waals surface area contributed by atoms with Crippen molar-refractivity contribution in [3.05, 3.63) is 71.3 Å². The molecule has 0 N–H and O–H groups in total. The number of likely N-dealkylation sites (tertiary alicyclic amines) is 1. The zero-order valence-corrected chi connectivity index (χ0v) is 16.3. The summed E-state index contributed by atoms with van der Waals surface area (Å²) in [5.74, 6) is -0.289. The SMILES string of the molecule is CCOC(=O)c1ccc(C(OC(C)N2CCCCC2)c2ccccc2)cc1. The van der Waals surface area contributed by atoms with Crippen molar-refractivity contribution < 1.29 is 14.3 Å². The van der Waals surface area contributed by atoms with Gasteiger partial charge in [0.25, 0.3) is 0 Å². The van der Waals surface area contributed by atoms with E-state index in [9.17, 15) is 4.79 Å². The lowest BCUT2D eigenvalue weighted by Gasteiger charge is -2.34. The van der Waals surface area contributed by atoms with Gasteiger partial charge in [-0.3, -0.25) is 4.90 Å². The van der Waals surface area contributed by atoms with Crippen LogP contribution in [0.25, 0.3) is 0 Å². The Balaban J connectivity index is 1.80. The van der Waals surface area contributed by atoms with Crippen molar-refractivity contribution in [1.82, 2.24) is 4.90 Å². The van der Waals surface area contributed by atoms with Gasteiger partial charge < -0.3 is 9.47 Å². The number of esters is 1. The zero-order chi connectivity index (χ0) is 19.1. The third kappa shape index (κ3) is 5.18. The summed E-state index contributed by atoms with van der Waals surface area (Å²) in [6.45, 7) is 6.50. The summed E-state index contributed by atoms with van der Waals surface area (Å²) in [6.07, 6.45) is 3.65. The highest BCUT2D eigenvalue weighted by Crippen LogP contribution is 2.29. The molecule has 2 aromatic carbocycles. The normalized spacial score (nSPS) is 17.3. The molecular formula is C23H29NO3. The Morgan fingerprint density at radius 3 is 2.22 bits per heavy atom. The summed E-state index contributed by atoms with van der Waals surface area (Å²) in [5, 5.41) is 0. The molecule has 0 amide bonds. The molecule has 4 nitrogen and oxygen atoms in total. The predicted molar refractivity (Wildman–Crippen MR) is 107 cm³/mol. The van der Waals surface area contributed by atoms with Gasteiger partial charge in [-0.05, 0) is 49.9 Å². The highest BCUT2D eigenvalue weighted by atomic mass is 16.5. The van der Waals surface area contributed by atoms with Gasteiger partial charge in [-0.15, -0.1) is 0 Å². The maximum Gasteiger partial charge on any atom is 0.338 e. The van der Waals surface area contributed by atoms with Crippen molar-refractivity contribution in [3.8, 4) is 0 Å². The summed E-state index contributed by atoms with van der Waals surface area (Å²) in [7, 11) is 0. The molecule has 0 aliphatic carbocycles. The standard InChI is InChI=1S/C23H29NO3/c1-3-26-23(25)21-14-12-20(13-15-21)22(19-10-6-4-7-11-19)27-18(2)24-16-8-5-9-17-24/h4,6-7,10-15,18,22H,3,5,8-9,16-17H2,1-2H3. The molecule has 1 aliphatic rings. The second-order valence-electron chi connectivity index (χ2n) is 6.97. The fourth-order valence-electron chi connectivity index (χ4n) is 3.55. The molecule has 0 saturated carbocycles. The van der Waals surface area contributed by atoms with E-state index in [0.717, 1.165) is 24.2 Å². The molecular weight excluding hydrogens is 338 g/mol. The number of hydrogen-bond acceptors (Lipinski definition) is 4. The third-order valence-electron chi connectivity index (χ3n) is 5.06. The maximum atomic E-state index is 11.9. The second kappa shape index (κ2) is 9.67. The number of benzene rings is 2. The van der Waals surface area contributed by atoms with Crippen LogP contribution in [0.1, 0.15) is 60.7 Å². The average Bonchev–Trinajstić information content (AvgIpc) is 2.73. The molecule has 0 radical (unpaired) electrons. The Morgan fingerprint density at radius 1 is 0.963 bits per heavy atom. The number of carbonyl (C=O) groups is 1. The van der Waals surface area contributed by atoms with Crippen molar-refractivity contribution in [2.75, 3.05) is 19.7 Å². The van der Waals surface area contributed by atoms with Crippen LogP contribution in [0.2, 0.25) is 0 Å². The number of hydrogen-bond donors (Lipinski definition) is 0. The van der Waals surface area contributed by atoms with Crippen molar-refractivity contribution in [3.63, 3.8) is 0 Å². The van der Waals surface area contributed by atoms with E-state index >= 15 is 0 Å². The van der Waals surface area contributed by atoms with Crippen LogP contribution < -0.4 is 0 Å². The largest absolute Gasteiger partial charge is 0.462 e. The number of rotatable bonds is 7. The van der Waals surface area contributed by atoms with Crippen LogP contribution in [-0.4, -0.2) is 36.8 Å². The van der Waals surface area contributed by atoms with Crippen molar-refractivity contribution >= 4 is 5.97 Å². The van der Waals surface area contributed by atoms with E-state index in [1.54, 1.807) is 0 Å². The molecule has 1 fully saturated rings. The van der Waals surface area contributed by atoms with Gasteiger partial charge in [0.05, 0.1) is 12.2 Å². The summed E-state index contributed by atoms with van der Waals surface area (Å²) >= 11 is 0. The molecule has 1 heterocycles. The number of ether oxygens (including phenoxy) is 2. The van der Waals surface area contributed by atoms with Gasteiger partial charge >= 0.3 is 5.97 Å². The molecule has 3 rings (SSSR count). The highest BCUT2D eigenvalue weighted by molar-refractivity contribution is 5.89. The topological polar surface area (TPSA) is 38.8 Å². The first-order chi connectivity index (χ1) is 13.2. The van der Waals surface area contributed by atoms with E-state index in [2.05, 4.69) is 24.0 Å².